The van der Waals surface area contributed by atoms with Gasteiger partial charge in [0.2, 0.25) is 41.6 Å². The van der Waals surface area contributed by atoms with Crippen molar-refractivity contribution in [3.05, 3.63) is 117 Å². The van der Waals surface area contributed by atoms with E-state index in [1.54, 1.807) is 6.92 Å². The molecule has 8 heterocycles. The van der Waals surface area contributed by atoms with Gasteiger partial charge in [-0.3, -0.25) is 33.6 Å². The van der Waals surface area contributed by atoms with Crippen LogP contribution in [0.5, 0.6) is 46.0 Å². The number of nitrogens with one attached hydrogen (secondary N) is 4. The Hall–Kier alpha value is -8.88. The molecule has 5 aromatic rings. The van der Waals surface area contributed by atoms with Crippen molar-refractivity contribution in [1.82, 2.24) is 21.3 Å². The molecule has 22 atom stereocenters. The predicted molar refractivity (Wildman–Crippen MR) is 389 cm³/mol. The first-order chi connectivity index (χ1) is 52.3. The number of aliphatic hydroxyl groups excluding tert-OH is 6. The molecule has 111 heavy (non-hydrogen) atoms. The topological polar surface area (TPSA) is 539 Å². The number of halogens is 2. The molecule has 20 unspecified atom stereocenters. The largest absolute Gasteiger partial charge is 0.508 e. The van der Waals surface area contributed by atoms with E-state index in [1.165, 1.54) is 70.2 Å². The molecular formula is C76H91Cl2N7O26. The molecule has 13 rings (SSSR count). The first-order valence-electron chi connectivity index (χ1n) is 36.1. The Kier molecular flexibility index (Phi) is 25.0. The summed E-state index contributed by atoms with van der Waals surface area (Å²) in [5.74, 6) is -19.1. The number of carbonyl (C=O) groups is 8. The maximum absolute atomic E-state index is 16.5. The van der Waals surface area contributed by atoms with Gasteiger partial charge in [-0.1, -0.05) is 62.2 Å². The summed E-state index contributed by atoms with van der Waals surface area (Å²) < 4.78 is 51.9. The smallest absolute Gasteiger partial charge is 0.330 e. The monoisotopic (exact) mass is 1590 g/mol. The van der Waals surface area contributed by atoms with Crippen LogP contribution in [-0.2, 0) is 62.0 Å². The van der Waals surface area contributed by atoms with E-state index in [0.717, 1.165) is 36.4 Å². The zero-order chi connectivity index (χ0) is 80.9. The van der Waals surface area contributed by atoms with E-state index in [4.69, 9.17) is 78.3 Å². The van der Waals surface area contributed by atoms with Crippen LogP contribution < -0.4 is 52.7 Å². The average Bonchev–Trinajstić information content (AvgIpc) is 0.763. The van der Waals surface area contributed by atoms with Crippen molar-refractivity contribution in [2.45, 2.75) is 214 Å². The Labute approximate surface area is 645 Å². The molecule has 600 valence electrons. The molecule has 0 aromatic heterocycles. The first-order valence-corrected chi connectivity index (χ1v) is 36.8. The minimum absolute atomic E-state index is 0.0271. The number of benzene rings is 5. The number of nitrogens with two attached hydrogens (primary N) is 3. The third kappa shape index (κ3) is 17.8. The fourth-order valence-corrected chi connectivity index (χ4v) is 15.5. The number of aliphatic hydroxyl groups is 6. The van der Waals surface area contributed by atoms with Gasteiger partial charge in [0.25, 0.3) is 0 Å². The number of ketones is 2. The minimum Gasteiger partial charge on any atom is -0.508 e. The van der Waals surface area contributed by atoms with Crippen LogP contribution in [0.25, 0.3) is 11.1 Å². The summed E-state index contributed by atoms with van der Waals surface area (Å²) in [6.07, 6.45) is -24.0. The summed E-state index contributed by atoms with van der Waals surface area (Å²) in [4.78, 5) is 120. The lowest BCUT2D eigenvalue weighted by atomic mass is 9.84. The Morgan fingerprint density at radius 3 is 1.85 bits per heavy atom. The van der Waals surface area contributed by atoms with Crippen molar-refractivity contribution in [2.75, 3.05) is 6.61 Å². The number of Topliss-reactive ketones (excluding diaryl/α,β-unsaturated/α-hetero) is 2. The zero-order valence-corrected chi connectivity index (χ0v) is 62.8. The third-order valence-electron chi connectivity index (χ3n) is 21.0. The number of rotatable bonds is 15. The van der Waals surface area contributed by atoms with Gasteiger partial charge in [-0.2, -0.15) is 0 Å². The van der Waals surface area contributed by atoms with Crippen molar-refractivity contribution in [2.24, 2.45) is 35.0 Å². The van der Waals surface area contributed by atoms with Crippen molar-refractivity contribution < 1.29 is 127 Å². The van der Waals surface area contributed by atoms with Crippen LogP contribution in [-0.4, -0.2) is 196 Å². The van der Waals surface area contributed by atoms with Crippen LogP contribution >= 0.6 is 23.2 Å². The van der Waals surface area contributed by atoms with Gasteiger partial charge in [0, 0.05) is 71.9 Å². The SMILES string of the molecule is CCC(CC(C)C)C(=O)NC1C(=O)CC(CC(N)=O)C(=O)NC2C(=O)CC3C(=O)N[C@H](C(=O)N[C@@H](C(=O)O)c4cc(O)cc(O)c4-c4cc3ccc4O)C(OC3CC(C)(N)C(O)C(C)O3)c3ccc(c(Cl)c3)Oc3cc2cc(c3OC2OC(CO)C(O)C(O)C2OC2CC(C)(N)C(O)C(C)O2)Oc2ccc(cc2Cl)C1O. The van der Waals surface area contributed by atoms with Gasteiger partial charge in [0.1, 0.15) is 77.4 Å². The molecule has 5 aromatic carbocycles. The van der Waals surface area contributed by atoms with E-state index in [2.05, 4.69) is 21.3 Å². The van der Waals surface area contributed by atoms with Crippen molar-refractivity contribution >= 4 is 70.3 Å². The third-order valence-corrected chi connectivity index (χ3v) is 21.6. The molecule has 5 amide bonds. The van der Waals surface area contributed by atoms with Gasteiger partial charge in [-0.05, 0) is 123 Å². The number of carboxylic acid groups (broad SMARTS) is 1. The van der Waals surface area contributed by atoms with Crippen LogP contribution in [0.1, 0.15) is 151 Å². The van der Waals surface area contributed by atoms with Crippen LogP contribution in [0.4, 0.5) is 0 Å². The van der Waals surface area contributed by atoms with Gasteiger partial charge < -0.3 is 127 Å². The number of hydrogen-bond donors (Lipinski definition) is 17. The number of phenols is 3. The number of aliphatic carboxylic acids is 1. The maximum Gasteiger partial charge on any atom is 0.330 e. The second-order valence-electron chi connectivity index (χ2n) is 30.1. The fourth-order valence-electron chi connectivity index (χ4n) is 15.0. The zero-order valence-electron chi connectivity index (χ0n) is 61.3. The molecule has 33 nitrogen and oxygen atoms in total. The molecule has 20 N–H and O–H groups in total. The van der Waals surface area contributed by atoms with Crippen molar-refractivity contribution in [1.29, 1.82) is 0 Å². The van der Waals surface area contributed by atoms with Gasteiger partial charge in [-0.15, -0.1) is 0 Å². The standard InChI is InChI=1S/C76H91Cl2N7O26/c1-8-32(15-29(2)3)69(98)84-59-46(90)19-37(22-53(79)92)70(99)82-57-36-20-50(106-48-13-10-34(61(59)93)17-42(48)77)65(111-74-66(63(95)62(94)52(28-86)108-74)110-55-27-76(7,81)68(97)31(5)105-55)51(21-36)107-49-14-11-35(18-43(49)78)64(109-54-26-75(6,80)67(96)30(4)104-54)60-72(101)83-58(73(102)103)41-23-38(87)24-45(89)56(41)40-16-33(9-12-44(40)88)39(25-47(57)91)71(100)85-60/h9-14,16-18,20-21,23-24,29-32,37,39,52,54-55,57-64,66-68,74,86-89,93-97H,8,15,19,22,25-28,80-81H2,1-7H3,(H2,79,92)(H,82,99)(H,83,101)(H,84,98)(H,85,100)(H,102,103)/t30?,31?,32?,37?,39?,52?,54?,55?,57?,58-,59?,60+,61?,62?,63?,64?,66?,67?,68?,74?,75?,76?/m1/s1. The molecule has 0 saturated carbocycles. The van der Waals surface area contributed by atoms with Gasteiger partial charge in [0.05, 0.1) is 52.9 Å². The number of phenolic OH excluding ortho intramolecular Hbond substituents is 3. The van der Waals surface area contributed by atoms with E-state index in [0.29, 0.717) is 6.42 Å². The highest BCUT2D eigenvalue weighted by Crippen LogP contribution is 2.51. The number of carboxylic acids is 1. The lowest BCUT2D eigenvalue weighted by Crippen LogP contribution is -2.64. The minimum atomic E-state index is -2.27. The summed E-state index contributed by atoms with van der Waals surface area (Å²) in [6, 6.07) is 5.97. The van der Waals surface area contributed by atoms with Crippen molar-refractivity contribution in [3.8, 4) is 57.1 Å². The number of carbonyl (C=O) groups excluding carboxylic acids is 7. The number of hydrogen-bond acceptors (Lipinski definition) is 27. The van der Waals surface area contributed by atoms with E-state index in [1.807, 2.05) is 13.8 Å². The molecular weight excluding hydrogens is 1500 g/mol. The lowest BCUT2D eigenvalue weighted by Gasteiger charge is -2.47. The molecule has 0 aliphatic carbocycles. The molecule has 0 spiro atoms. The molecule has 3 saturated heterocycles. The average molecular weight is 1590 g/mol. The number of ether oxygens (including phenoxy) is 8. The Bertz CT molecular complexity index is 4410. The van der Waals surface area contributed by atoms with Crippen molar-refractivity contribution in [3.63, 3.8) is 0 Å². The molecule has 35 heteroatoms. The number of amides is 5. The second-order valence-corrected chi connectivity index (χ2v) is 30.9. The fraction of sp³-hybridized carbons (Fsp3) is 0.500. The van der Waals surface area contributed by atoms with E-state index < -0.39 is 262 Å². The quantitative estimate of drug-likeness (QED) is 0.0709. The van der Waals surface area contributed by atoms with Crippen LogP contribution in [0.15, 0.2) is 78.9 Å². The molecule has 8 aliphatic heterocycles. The Morgan fingerprint density at radius 1 is 0.685 bits per heavy atom. The summed E-state index contributed by atoms with van der Waals surface area (Å²) >= 11 is 14.5. The van der Waals surface area contributed by atoms with Gasteiger partial charge >= 0.3 is 5.97 Å². The maximum atomic E-state index is 16.5. The molecule has 3 fully saturated rings. The van der Waals surface area contributed by atoms with Crippen LogP contribution in [0.2, 0.25) is 10.0 Å². The normalized spacial score (nSPS) is 32.2. The predicted octanol–water partition coefficient (Wildman–Crippen LogP) is 3.76. The summed E-state index contributed by atoms with van der Waals surface area (Å²) in [7, 11) is 0. The Balaban J connectivity index is 1.19. The van der Waals surface area contributed by atoms with Gasteiger partial charge in [0.15, 0.2) is 47.8 Å². The van der Waals surface area contributed by atoms with Gasteiger partial charge in [-0.25, -0.2) is 4.79 Å². The lowest BCUT2D eigenvalue weighted by molar-refractivity contribution is -0.333. The Morgan fingerprint density at radius 2 is 1.28 bits per heavy atom. The highest BCUT2D eigenvalue weighted by molar-refractivity contribution is 6.32. The molecule has 8 aliphatic rings. The highest BCUT2D eigenvalue weighted by Gasteiger charge is 2.52. The molecule has 11 bridgehead atoms. The first kappa shape index (κ1) is 83.1. The van der Waals surface area contributed by atoms with E-state index in [9.17, 15) is 65.4 Å². The summed E-state index contributed by atoms with van der Waals surface area (Å²) in [5, 5.41) is 124. The highest BCUT2D eigenvalue weighted by atomic mass is 35.5. The van der Waals surface area contributed by atoms with Crippen LogP contribution in [0.3, 0.4) is 0 Å². The summed E-state index contributed by atoms with van der Waals surface area (Å²) in [6.45, 7) is 10.5. The number of aromatic hydroxyl groups is 3. The number of primary amides is 1. The van der Waals surface area contributed by atoms with Crippen LogP contribution in [0, 0.1) is 17.8 Å². The number of fused-ring (bicyclic) bond motifs is 15. The second kappa shape index (κ2) is 33.4. The summed E-state index contributed by atoms with van der Waals surface area (Å²) in [5.41, 5.74) is 13.9. The van der Waals surface area contributed by atoms with E-state index in [-0.39, 0.29) is 64.0 Å². The van der Waals surface area contributed by atoms with E-state index >= 15 is 24.0 Å². The molecule has 0 radical (unpaired) electrons.